The monoisotopic (exact) mass is 376 g/mol. The number of nitrogens with zero attached hydrogens (tertiary/aromatic N) is 3. The van der Waals surface area contributed by atoms with Crippen LogP contribution in [0.15, 0.2) is 65.7 Å². The first-order valence-electron chi connectivity index (χ1n) is 10.7. The Kier molecular flexibility index (Phi) is 6.74. The molecule has 28 heavy (non-hydrogen) atoms. The van der Waals surface area contributed by atoms with Crippen molar-refractivity contribution in [3.8, 4) is 0 Å². The zero-order chi connectivity index (χ0) is 19.0. The van der Waals surface area contributed by atoms with Crippen LogP contribution in [0.25, 0.3) is 0 Å². The van der Waals surface area contributed by atoms with Gasteiger partial charge in [0.05, 0.1) is 12.6 Å². The smallest absolute Gasteiger partial charge is 0.121 e. The number of likely N-dealkylation sites (tertiary alicyclic amines) is 1. The van der Waals surface area contributed by atoms with E-state index in [1.807, 2.05) is 0 Å². The van der Waals surface area contributed by atoms with Crippen molar-refractivity contribution in [2.24, 2.45) is 4.99 Å². The van der Waals surface area contributed by atoms with Gasteiger partial charge in [0, 0.05) is 26.2 Å². The average Bonchev–Trinajstić information content (AvgIpc) is 2.77. The number of hydrogen-bond acceptors (Lipinski definition) is 3. The molecule has 0 aliphatic carbocycles. The number of nitrogens with one attached hydrogen (secondary N) is 1. The molecule has 2 fully saturated rings. The van der Waals surface area contributed by atoms with Crippen LogP contribution in [0.1, 0.15) is 36.4 Å². The number of aliphatic imine (C=N–C) groups is 1. The van der Waals surface area contributed by atoms with Crippen molar-refractivity contribution < 1.29 is 0 Å². The minimum absolute atomic E-state index is 0.181. The van der Waals surface area contributed by atoms with Crippen LogP contribution in [0.4, 0.5) is 0 Å². The third-order valence-electron chi connectivity index (χ3n) is 5.80. The zero-order valence-corrected chi connectivity index (χ0v) is 16.8. The maximum atomic E-state index is 5.15. The number of hydrogen-bond donors (Lipinski definition) is 1. The van der Waals surface area contributed by atoms with E-state index >= 15 is 0 Å². The van der Waals surface area contributed by atoms with Gasteiger partial charge >= 0.3 is 0 Å². The second-order valence-electron chi connectivity index (χ2n) is 7.85. The summed E-state index contributed by atoms with van der Waals surface area (Å²) in [5.41, 5.74) is 2.65. The van der Waals surface area contributed by atoms with Gasteiger partial charge in [-0.15, -0.1) is 0 Å². The molecule has 0 amide bonds. The second-order valence-corrected chi connectivity index (χ2v) is 7.85. The Morgan fingerprint density at radius 2 is 1.57 bits per heavy atom. The molecular formula is C24H32N4. The van der Waals surface area contributed by atoms with E-state index < -0.39 is 0 Å². The lowest BCUT2D eigenvalue weighted by atomic mass is 10.0. The molecule has 0 spiro atoms. The highest BCUT2D eigenvalue weighted by molar-refractivity contribution is 5.89. The summed E-state index contributed by atoms with van der Waals surface area (Å²) in [4.78, 5) is 10.2. The van der Waals surface area contributed by atoms with Crippen LogP contribution in [0.5, 0.6) is 0 Å². The van der Waals surface area contributed by atoms with Crippen LogP contribution in [0, 0.1) is 0 Å². The third kappa shape index (κ3) is 5.00. The Morgan fingerprint density at radius 3 is 2.32 bits per heavy atom. The van der Waals surface area contributed by atoms with Crippen molar-refractivity contribution in [3.05, 3.63) is 71.8 Å². The molecule has 4 rings (SSSR count). The summed E-state index contributed by atoms with van der Waals surface area (Å²) in [6, 6.07) is 21.7. The fourth-order valence-electron chi connectivity index (χ4n) is 4.29. The molecule has 0 saturated carbocycles. The van der Waals surface area contributed by atoms with Gasteiger partial charge in [-0.25, -0.2) is 0 Å². The fourth-order valence-corrected chi connectivity index (χ4v) is 4.29. The van der Waals surface area contributed by atoms with Gasteiger partial charge in [-0.05, 0) is 37.1 Å². The van der Waals surface area contributed by atoms with Gasteiger partial charge in [0.1, 0.15) is 5.84 Å². The molecule has 148 valence electrons. The lowest BCUT2D eigenvalue weighted by Crippen LogP contribution is -2.50. The predicted octanol–water partition coefficient (Wildman–Crippen LogP) is 3.72. The Labute approximate surface area is 169 Å². The van der Waals surface area contributed by atoms with E-state index in [2.05, 4.69) is 75.8 Å². The molecule has 1 N–H and O–H groups in total. The molecule has 2 aromatic carbocycles. The van der Waals surface area contributed by atoms with E-state index in [0.717, 1.165) is 32.7 Å². The summed E-state index contributed by atoms with van der Waals surface area (Å²) in [6.07, 6.45) is 4.06. The van der Waals surface area contributed by atoms with E-state index in [9.17, 15) is 0 Å². The number of rotatable bonds is 6. The Balaban J connectivity index is 1.52. The minimum Gasteiger partial charge on any atom is -0.353 e. The van der Waals surface area contributed by atoms with Crippen LogP contribution in [0.2, 0.25) is 0 Å². The molecular weight excluding hydrogens is 344 g/mol. The normalized spacial score (nSPS) is 22.5. The van der Waals surface area contributed by atoms with Gasteiger partial charge in [-0.3, -0.25) is 4.99 Å². The summed E-state index contributed by atoms with van der Waals surface area (Å²) < 4.78 is 0. The maximum absolute atomic E-state index is 5.15. The van der Waals surface area contributed by atoms with Crippen molar-refractivity contribution in [1.82, 2.24) is 15.1 Å². The van der Waals surface area contributed by atoms with Gasteiger partial charge in [0.15, 0.2) is 0 Å². The molecule has 1 atom stereocenters. The van der Waals surface area contributed by atoms with Gasteiger partial charge in [-0.2, -0.15) is 0 Å². The number of benzene rings is 2. The highest BCUT2D eigenvalue weighted by atomic mass is 15.3. The van der Waals surface area contributed by atoms with Crippen LogP contribution < -0.4 is 5.32 Å². The Bertz CT molecular complexity index is 738. The first-order chi connectivity index (χ1) is 13.9. The van der Waals surface area contributed by atoms with Crippen molar-refractivity contribution in [1.29, 1.82) is 0 Å². The van der Waals surface area contributed by atoms with Gasteiger partial charge < -0.3 is 15.1 Å². The van der Waals surface area contributed by atoms with Crippen molar-refractivity contribution in [2.45, 2.75) is 31.8 Å². The minimum atomic E-state index is 0.181. The molecule has 0 bridgehead atoms. The molecule has 0 aromatic heterocycles. The van der Waals surface area contributed by atoms with Crippen molar-refractivity contribution in [3.63, 3.8) is 0 Å². The highest BCUT2D eigenvalue weighted by Gasteiger charge is 2.27. The quantitative estimate of drug-likeness (QED) is 0.834. The van der Waals surface area contributed by atoms with Crippen LogP contribution in [0.3, 0.4) is 0 Å². The van der Waals surface area contributed by atoms with E-state index in [4.69, 9.17) is 4.99 Å². The van der Waals surface area contributed by atoms with Gasteiger partial charge in [-0.1, -0.05) is 67.1 Å². The summed E-state index contributed by atoms with van der Waals surface area (Å²) >= 11 is 0. The largest absolute Gasteiger partial charge is 0.353 e. The Hall–Kier alpha value is -2.17. The highest BCUT2D eigenvalue weighted by Crippen LogP contribution is 2.22. The first kappa shape index (κ1) is 19.2. The molecule has 2 aliphatic rings. The molecule has 2 heterocycles. The van der Waals surface area contributed by atoms with E-state index in [-0.39, 0.29) is 6.04 Å². The third-order valence-corrected chi connectivity index (χ3v) is 5.80. The SMILES string of the molecule is c1ccc(CN2CCNC(c3ccccc3)/C2=N/CCN2CCCCC2)cc1. The van der Waals surface area contributed by atoms with Gasteiger partial charge in [0.2, 0.25) is 0 Å². The number of piperidine rings is 1. The molecule has 2 saturated heterocycles. The lowest BCUT2D eigenvalue weighted by Gasteiger charge is -2.37. The van der Waals surface area contributed by atoms with E-state index in [0.29, 0.717) is 0 Å². The molecule has 4 nitrogen and oxygen atoms in total. The van der Waals surface area contributed by atoms with E-state index in [1.54, 1.807) is 0 Å². The predicted molar refractivity (Wildman–Crippen MR) is 117 cm³/mol. The van der Waals surface area contributed by atoms with Crippen molar-refractivity contribution >= 4 is 5.84 Å². The van der Waals surface area contributed by atoms with Crippen LogP contribution in [-0.2, 0) is 6.54 Å². The topological polar surface area (TPSA) is 30.9 Å². The average molecular weight is 377 g/mol. The van der Waals surface area contributed by atoms with Crippen LogP contribution in [-0.4, -0.2) is 54.9 Å². The van der Waals surface area contributed by atoms with E-state index in [1.165, 1.54) is 49.3 Å². The second kappa shape index (κ2) is 9.85. The summed E-state index contributed by atoms with van der Waals surface area (Å²) in [7, 11) is 0. The first-order valence-corrected chi connectivity index (χ1v) is 10.7. The number of piperazine rings is 1. The molecule has 0 radical (unpaired) electrons. The summed E-state index contributed by atoms with van der Waals surface area (Å²) in [6.45, 7) is 7.33. The summed E-state index contributed by atoms with van der Waals surface area (Å²) in [5.74, 6) is 1.19. The zero-order valence-electron chi connectivity index (χ0n) is 16.8. The van der Waals surface area contributed by atoms with Crippen molar-refractivity contribution in [2.75, 3.05) is 39.3 Å². The standard InChI is InChI=1S/C24H32N4/c1-4-10-21(11-5-1)20-28-19-15-25-23(22-12-6-2-7-13-22)24(28)26-14-18-27-16-8-3-9-17-27/h1-2,4-7,10-13,23,25H,3,8-9,14-20H2/b26-24-. The number of amidine groups is 1. The summed E-state index contributed by atoms with van der Waals surface area (Å²) in [5, 5.41) is 3.70. The maximum Gasteiger partial charge on any atom is 0.121 e. The molecule has 1 unspecified atom stereocenters. The van der Waals surface area contributed by atoms with Gasteiger partial charge in [0.25, 0.3) is 0 Å². The van der Waals surface area contributed by atoms with Crippen LogP contribution >= 0.6 is 0 Å². The lowest BCUT2D eigenvalue weighted by molar-refractivity contribution is 0.234. The molecule has 2 aromatic rings. The molecule has 4 heteroatoms. The Morgan fingerprint density at radius 1 is 0.857 bits per heavy atom. The molecule has 2 aliphatic heterocycles. The fraction of sp³-hybridized carbons (Fsp3) is 0.458.